The predicted molar refractivity (Wildman–Crippen MR) is 73.4 cm³/mol. The number of halogens is 2. The summed E-state index contributed by atoms with van der Waals surface area (Å²) in [6, 6.07) is 9.88. The van der Waals surface area contributed by atoms with Crippen molar-refractivity contribution in [1.82, 2.24) is 0 Å². The van der Waals surface area contributed by atoms with Crippen molar-refractivity contribution >= 4 is 27.3 Å². The zero-order valence-corrected chi connectivity index (χ0v) is 11.6. The number of benzene rings is 2. The Balaban J connectivity index is 2.38. The molecule has 2 aromatic rings. The maximum absolute atomic E-state index is 13.0. The van der Waals surface area contributed by atoms with Crippen LogP contribution in [0.4, 0.5) is 10.1 Å². The van der Waals surface area contributed by atoms with E-state index in [0.29, 0.717) is 16.3 Å². The topological polar surface area (TPSA) is 46.2 Å². The quantitative estimate of drug-likeness (QED) is 0.941. The van der Waals surface area contributed by atoms with Gasteiger partial charge in [-0.25, -0.2) is 12.8 Å². The Morgan fingerprint density at radius 2 is 1.89 bits per heavy atom. The van der Waals surface area contributed by atoms with Gasteiger partial charge in [-0.2, -0.15) is 0 Å². The van der Waals surface area contributed by atoms with Crippen LogP contribution in [0.5, 0.6) is 0 Å². The Hall–Kier alpha value is -1.59. The fourth-order valence-electron chi connectivity index (χ4n) is 1.68. The molecule has 6 heteroatoms. The van der Waals surface area contributed by atoms with Gasteiger partial charge >= 0.3 is 0 Å². The minimum absolute atomic E-state index is 0.0360. The van der Waals surface area contributed by atoms with Crippen LogP contribution in [0.15, 0.2) is 47.4 Å². The van der Waals surface area contributed by atoms with Gasteiger partial charge < -0.3 is 0 Å². The summed E-state index contributed by atoms with van der Waals surface area (Å²) in [5.41, 5.74) is 0.700. The van der Waals surface area contributed by atoms with E-state index in [1.807, 2.05) is 0 Å². The molecule has 0 atom stereocenters. The summed E-state index contributed by atoms with van der Waals surface area (Å²) in [7, 11) is -3.75. The molecule has 2 aromatic carbocycles. The van der Waals surface area contributed by atoms with Crippen molar-refractivity contribution in [3.63, 3.8) is 0 Å². The zero-order valence-electron chi connectivity index (χ0n) is 10.0. The van der Waals surface area contributed by atoms with Crippen LogP contribution in [0.1, 0.15) is 5.56 Å². The average Bonchev–Trinajstić information content (AvgIpc) is 2.27. The number of hydrogen-bond donors (Lipinski definition) is 1. The number of sulfonamides is 1. The van der Waals surface area contributed by atoms with Gasteiger partial charge in [0.25, 0.3) is 10.0 Å². The lowest BCUT2D eigenvalue weighted by atomic mass is 10.2. The van der Waals surface area contributed by atoms with Crippen LogP contribution in [-0.4, -0.2) is 8.42 Å². The molecule has 0 spiro atoms. The van der Waals surface area contributed by atoms with Gasteiger partial charge in [-0.3, -0.25) is 4.72 Å². The molecule has 0 radical (unpaired) electrons. The first-order valence-corrected chi connectivity index (χ1v) is 7.29. The molecule has 0 unspecified atom stereocenters. The van der Waals surface area contributed by atoms with Crippen molar-refractivity contribution in [3.8, 4) is 0 Å². The minimum atomic E-state index is -3.75. The first-order valence-electron chi connectivity index (χ1n) is 5.43. The van der Waals surface area contributed by atoms with E-state index in [9.17, 15) is 12.8 Å². The summed E-state index contributed by atoms with van der Waals surface area (Å²) in [6.45, 7) is 1.54. The Labute approximate surface area is 116 Å². The molecule has 0 saturated heterocycles. The van der Waals surface area contributed by atoms with E-state index in [-0.39, 0.29) is 4.90 Å². The lowest BCUT2D eigenvalue weighted by Gasteiger charge is -2.10. The van der Waals surface area contributed by atoms with E-state index in [0.717, 1.165) is 6.07 Å². The molecule has 0 amide bonds. The second-order valence-electron chi connectivity index (χ2n) is 4.03. The van der Waals surface area contributed by atoms with Gasteiger partial charge in [0.2, 0.25) is 0 Å². The lowest BCUT2D eigenvalue weighted by molar-refractivity contribution is 0.598. The highest BCUT2D eigenvalue weighted by molar-refractivity contribution is 7.92. The number of nitrogens with one attached hydrogen (secondary N) is 1. The third kappa shape index (κ3) is 3.24. The number of anilines is 1. The Bertz CT molecular complexity index is 716. The third-order valence-electron chi connectivity index (χ3n) is 2.50. The van der Waals surface area contributed by atoms with E-state index >= 15 is 0 Å². The van der Waals surface area contributed by atoms with Gasteiger partial charge in [0.05, 0.1) is 10.6 Å². The minimum Gasteiger partial charge on any atom is -0.280 e. The molecule has 19 heavy (non-hydrogen) atoms. The first-order chi connectivity index (χ1) is 8.88. The van der Waals surface area contributed by atoms with Gasteiger partial charge in [0.15, 0.2) is 0 Å². The van der Waals surface area contributed by atoms with Crippen molar-refractivity contribution in [1.29, 1.82) is 0 Å². The number of hydrogen-bond acceptors (Lipinski definition) is 2. The summed E-state index contributed by atoms with van der Waals surface area (Å²) >= 11 is 5.79. The number of rotatable bonds is 3. The van der Waals surface area contributed by atoms with E-state index in [4.69, 9.17) is 11.6 Å². The molecule has 3 nitrogen and oxygen atoms in total. The highest BCUT2D eigenvalue weighted by Crippen LogP contribution is 2.21. The predicted octanol–water partition coefficient (Wildman–Crippen LogP) is 3.59. The monoisotopic (exact) mass is 299 g/mol. The van der Waals surface area contributed by atoms with E-state index in [1.165, 1.54) is 25.1 Å². The van der Waals surface area contributed by atoms with Gasteiger partial charge in [-0.15, -0.1) is 0 Å². The Kier molecular flexibility index (Phi) is 3.78. The molecule has 1 N–H and O–H groups in total. The molecule has 2 rings (SSSR count). The second-order valence-corrected chi connectivity index (χ2v) is 6.11. The van der Waals surface area contributed by atoms with Crippen LogP contribution in [0.25, 0.3) is 0 Å². The van der Waals surface area contributed by atoms with Gasteiger partial charge in [-0.1, -0.05) is 17.7 Å². The molecule has 0 heterocycles. The molecule has 0 aliphatic heterocycles. The number of aryl methyl sites for hydroxylation is 1. The Morgan fingerprint density at radius 3 is 2.53 bits per heavy atom. The maximum atomic E-state index is 13.0. The Morgan fingerprint density at radius 1 is 1.16 bits per heavy atom. The van der Waals surface area contributed by atoms with Crippen molar-refractivity contribution < 1.29 is 12.8 Å². The summed E-state index contributed by atoms with van der Waals surface area (Å²) in [4.78, 5) is 0.0360. The largest absolute Gasteiger partial charge is 0.280 e. The van der Waals surface area contributed by atoms with Crippen molar-refractivity contribution in [2.24, 2.45) is 0 Å². The van der Waals surface area contributed by atoms with Crippen molar-refractivity contribution in [2.75, 3.05) is 4.72 Å². The molecule has 0 fully saturated rings. The molecule has 0 bridgehead atoms. The highest BCUT2D eigenvalue weighted by Gasteiger charge is 2.17. The summed E-state index contributed by atoms with van der Waals surface area (Å²) in [5.74, 6) is -0.473. The molecule has 0 aliphatic carbocycles. The molecule has 0 saturated carbocycles. The van der Waals surface area contributed by atoms with Crippen LogP contribution in [0.2, 0.25) is 5.02 Å². The normalized spacial score (nSPS) is 11.3. The van der Waals surface area contributed by atoms with Gasteiger partial charge in [0, 0.05) is 5.02 Å². The zero-order chi connectivity index (χ0) is 14.0. The lowest BCUT2D eigenvalue weighted by Crippen LogP contribution is -2.14. The fourth-order valence-corrected chi connectivity index (χ4v) is 3.14. The third-order valence-corrected chi connectivity index (χ3v) is 4.28. The molecular formula is C13H11ClFNO2S. The van der Waals surface area contributed by atoms with Gasteiger partial charge in [-0.05, 0) is 48.9 Å². The van der Waals surface area contributed by atoms with E-state index < -0.39 is 15.8 Å². The molecule has 0 aromatic heterocycles. The first kappa shape index (κ1) is 13.8. The van der Waals surface area contributed by atoms with Crippen molar-refractivity contribution in [3.05, 3.63) is 58.9 Å². The molecule has 100 valence electrons. The standard InChI is InChI=1S/C13H11ClFNO2S/c1-9-7-11(15)5-6-13(9)19(17,18)16-12-4-2-3-10(14)8-12/h2-8,16H,1H3. The summed E-state index contributed by atoms with van der Waals surface area (Å²) in [5, 5.41) is 0.427. The fraction of sp³-hybridized carbons (Fsp3) is 0.0769. The molecular weight excluding hydrogens is 289 g/mol. The summed E-state index contributed by atoms with van der Waals surface area (Å²) in [6.07, 6.45) is 0. The van der Waals surface area contributed by atoms with Crippen LogP contribution in [0.3, 0.4) is 0 Å². The van der Waals surface area contributed by atoms with Crippen molar-refractivity contribution in [2.45, 2.75) is 11.8 Å². The highest BCUT2D eigenvalue weighted by atomic mass is 35.5. The SMILES string of the molecule is Cc1cc(F)ccc1S(=O)(=O)Nc1cccc(Cl)c1. The van der Waals surface area contributed by atoms with Gasteiger partial charge in [0.1, 0.15) is 5.82 Å². The van der Waals surface area contributed by atoms with E-state index in [1.54, 1.807) is 18.2 Å². The smallest absolute Gasteiger partial charge is 0.262 e. The second kappa shape index (κ2) is 5.19. The molecule has 0 aliphatic rings. The summed E-state index contributed by atoms with van der Waals surface area (Å²) < 4.78 is 39.7. The average molecular weight is 300 g/mol. The van der Waals surface area contributed by atoms with Crippen LogP contribution in [-0.2, 0) is 10.0 Å². The maximum Gasteiger partial charge on any atom is 0.262 e. The van der Waals surface area contributed by atoms with Crippen LogP contribution >= 0.6 is 11.6 Å². The van der Waals surface area contributed by atoms with Crippen LogP contribution in [0, 0.1) is 12.7 Å². The van der Waals surface area contributed by atoms with Crippen LogP contribution < -0.4 is 4.72 Å². The van der Waals surface area contributed by atoms with E-state index in [2.05, 4.69) is 4.72 Å².